The maximum absolute atomic E-state index is 12.7. The minimum Gasteiger partial charge on any atom is -0.394 e. The lowest BCUT2D eigenvalue weighted by Gasteiger charge is -2.63. The highest BCUT2D eigenvalue weighted by atomic mass is 16.7. The molecule has 5 N–H and O–H groups in total. The van der Waals surface area contributed by atoms with Gasteiger partial charge in [-0.2, -0.15) is 0 Å². The van der Waals surface area contributed by atoms with Gasteiger partial charge in [0.15, 0.2) is 6.29 Å². The third-order valence-corrected chi connectivity index (χ3v) is 11.0. The number of Topliss-reactive ketones (excluding diaryl/α,β-unsaturated/α-hetero) is 1. The van der Waals surface area contributed by atoms with Crippen LogP contribution in [-0.4, -0.2) is 80.8 Å². The molecule has 1 spiro atoms. The molecule has 5 rings (SSSR count). The summed E-state index contributed by atoms with van der Waals surface area (Å²) in [5, 5.41) is 51.6. The molecule has 5 aliphatic rings. The smallest absolute Gasteiger partial charge is 0.186 e. The van der Waals surface area contributed by atoms with E-state index in [9.17, 15) is 30.3 Å². The Hall–Kier alpha value is -0.610. The van der Waals surface area contributed by atoms with Gasteiger partial charge in [-0.15, -0.1) is 0 Å². The Labute approximate surface area is 201 Å². The molecule has 4 saturated carbocycles. The second-order valence-electron chi connectivity index (χ2n) is 12.9. The molecule has 5 fully saturated rings. The van der Waals surface area contributed by atoms with Crippen LogP contribution >= 0.6 is 0 Å². The number of ketones is 1. The van der Waals surface area contributed by atoms with Gasteiger partial charge in [0, 0.05) is 11.8 Å². The first-order valence-corrected chi connectivity index (χ1v) is 13.1. The summed E-state index contributed by atoms with van der Waals surface area (Å²) >= 11 is 0. The number of ether oxygens (including phenoxy) is 2. The van der Waals surface area contributed by atoms with Crippen LogP contribution in [0.2, 0.25) is 0 Å². The molecule has 0 unspecified atom stereocenters. The van der Waals surface area contributed by atoms with Gasteiger partial charge in [0.2, 0.25) is 0 Å². The number of rotatable bonds is 4. The molecule has 4 aliphatic carbocycles. The molecule has 1 saturated heterocycles. The Morgan fingerprint density at radius 2 is 1.74 bits per heavy atom. The van der Waals surface area contributed by atoms with E-state index < -0.39 is 42.9 Å². The molecule has 0 aromatic heterocycles. The standard InChI is InChI=1S/C26H42O8/c1-23(2)16-6-9-25-10-14(4-5-17(25)24(16,3)8-7-18(23)28)26(32,12-25)13-33-22-21(31)20(30)19(29)15(11-27)34-22/h14-17,19-22,27,29-32H,4-13H2,1-3H3/t14-,15-,16+,17+,19-,20+,21-,22-,24+,25+,26-/m0/s1. The molecule has 11 atom stereocenters. The average molecular weight is 483 g/mol. The van der Waals surface area contributed by atoms with Crippen LogP contribution in [0.25, 0.3) is 0 Å². The minimum atomic E-state index is -1.50. The van der Waals surface area contributed by atoms with E-state index in [-0.39, 0.29) is 28.8 Å². The number of aliphatic hydroxyl groups is 5. The molecule has 0 aromatic carbocycles. The van der Waals surface area contributed by atoms with Crippen molar-refractivity contribution in [3.05, 3.63) is 0 Å². The largest absolute Gasteiger partial charge is 0.394 e. The highest BCUT2D eigenvalue weighted by Crippen LogP contribution is 2.72. The fourth-order valence-corrected chi connectivity index (χ4v) is 9.25. The highest BCUT2D eigenvalue weighted by molar-refractivity contribution is 5.85. The summed E-state index contributed by atoms with van der Waals surface area (Å²) in [7, 11) is 0. The number of hydrogen-bond acceptors (Lipinski definition) is 8. The lowest BCUT2D eigenvalue weighted by molar-refractivity contribution is -0.310. The van der Waals surface area contributed by atoms with Crippen molar-refractivity contribution in [1.82, 2.24) is 0 Å². The Morgan fingerprint density at radius 3 is 2.44 bits per heavy atom. The average Bonchev–Trinajstić information content (AvgIpc) is 2.99. The van der Waals surface area contributed by atoms with Gasteiger partial charge in [0.1, 0.15) is 30.2 Å². The Bertz CT molecular complexity index is 815. The Morgan fingerprint density at radius 1 is 1.00 bits per heavy atom. The van der Waals surface area contributed by atoms with Gasteiger partial charge in [-0.05, 0) is 73.5 Å². The van der Waals surface area contributed by atoms with Gasteiger partial charge in [-0.3, -0.25) is 4.79 Å². The van der Waals surface area contributed by atoms with Crippen LogP contribution in [0.3, 0.4) is 0 Å². The van der Waals surface area contributed by atoms with Crippen molar-refractivity contribution in [2.75, 3.05) is 13.2 Å². The molecule has 194 valence electrons. The number of hydrogen-bond donors (Lipinski definition) is 5. The van der Waals surface area contributed by atoms with Gasteiger partial charge < -0.3 is 35.0 Å². The minimum absolute atomic E-state index is 0.0259. The summed E-state index contributed by atoms with van der Waals surface area (Å²) in [6.45, 7) is 6.10. The predicted molar refractivity (Wildman–Crippen MR) is 121 cm³/mol. The first-order chi connectivity index (χ1) is 15.9. The molecule has 1 heterocycles. The number of carbonyl (C=O) groups excluding carboxylic acids is 1. The van der Waals surface area contributed by atoms with E-state index in [1.807, 2.05) is 0 Å². The molecular formula is C26H42O8. The zero-order chi connectivity index (χ0) is 24.7. The maximum Gasteiger partial charge on any atom is 0.186 e. The Balaban J connectivity index is 1.33. The van der Waals surface area contributed by atoms with Crippen molar-refractivity contribution in [3.63, 3.8) is 0 Å². The molecule has 0 radical (unpaired) electrons. The predicted octanol–water partition coefficient (Wildman–Crippen LogP) is 1.15. The SMILES string of the molecule is CC1(C)C(=O)CC[C@]2(C)[C@@H]1CC[C@]13C[C@H](CC[C@@H]12)[C@@](O)(CO[C@H]1O[C@@H](CO)[C@H](O)[C@@H](O)[C@@H]1O)C3. The zero-order valence-corrected chi connectivity index (χ0v) is 20.7. The maximum atomic E-state index is 12.7. The van der Waals surface area contributed by atoms with Crippen LogP contribution < -0.4 is 0 Å². The summed E-state index contributed by atoms with van der Waals surface area (Å²) in [4.78, 5) is 12.7. The monoisotopic (exact) mass is 482 g/mol. The van der Waals surface area contributed by atoms with Gasteiger partial charge in [-0.1, -0.05) is 20.8 Å². The van der Waals surface area contributed by atoms with E-state index in [2.05, 4.69) is 20.8 Å². The van der Waals surface area contributed by atoms with E-state index >= 15 is 0 Å². The van der Waals surface area contributed by atoms with E-state index in [0.717, 1.165) is 38.5 Å². The summed E-state index contributed by atoms with van der Waals surface area (Å²) < 4.78 is 11.3. The van der Waals surface area contributed by atoms with Crippen molar-refractivity contribution in [2.24, 2.45) is 34.0 Å². The third kappa shape index (κ3) is 3.47. The molecule has 8 heteroatoms. The first kappa shape index (κ1) is 25.1. The molecule has 8 nitrogen and oxygen atoms in total. The normalized spacial score (nSPS) is 54.4. The number of carbonyl (C=O) groups is 1. The van der Waals surface area contributed by atoms with Gasteiger partial charge in [-0.25, -0.2) is 0 Å². The molecule has 0 aromatic rings. The van der Waals surface area contributed by atoms with E-state index in [4.69, 9.17) is 9.47 Å². The van der Waals surface area contributed by atoms with Crippen molar-refractivity contribution >= 4 is 5.78 Å². The zero-order valence-electron chi connectivity index (χ0n) is 20.7. The van der Waals surface area contributed by atoms with Crippen molar-refractivity contribution < 1.29 is 39.8 Å². The van der Waals surface area contributed by atoms with Crippen LogP contribution in [0.4, 0.5) is 0 Å². The van der Waals surface area contributed by atoms with E-state index in [1.54, 1.807) is 0 Å². The van der Waals surface area contributed by atoms with Gasteiger partial charge in [0.05, 0.1) is 18.8 Å². The van der Waals surface area contributed by atoms with Gasteiger partial charge >= 0.3 is 0 Å². The van der Waals surface area contributed by atoms with E-state index in [0.29, 0.717) is 30.5 Å². The topological polar surface area (TPSA) is 137 Å². The third-order valence-electron chi connectivity index (χ3n) is 11.0. The van der Waals surface area contributed by atoms with Crippen LogP contribution in [-0.2, 0) is 14.3 Å². The first-order valence-electron chi connectivity index (χ1n) is 13.1. The molecule has 34 heavy (non-hydrogen) atoms. The molecular weight excluding hydrogens is 440 g/mol. The fraction of sp³-hybridized carbons (Fsp3) is 0.962. The van der Waals surface area contributed by atoms with Crippen molar-refractivity contribution in [1.29, 1.82) is 0 Å². The van der Waals surface area contributed by atoms with Crippen molar-refractivity contribution in [2.45, 2.75) is 108 Å². The lowest BCUT2D eigenvalue weighted by Crippen LogP contribution is -2.59. The summed E-state index contributed by atoms with van der Waals surface area (Å²) in [6.07, 6.45) is 0.439. The second-order valence-corrected chi connectivity index (χ2v) is 12.9. The highest BCUT2D eigenvalue weighted by Gasteiger charge is 2.68. The Kier molecular flexibility index (Phi) is 6.04. The summed E-state index contributed by atoms with van der Waals surface area (Å²) in [5.74, 6) is 1.30. The van der Waals surface area contributed by atoms with Gasteiger partial charge in [0.25, 0.3) is 0 Å². The number of aliphatic hydroxyl groups excluding tert-OH is 4. The van der Waals surface area contributed by atoms with Crippen LogP contribution in [0, 0.1) is 34.0 Å². The molecule has 2 bridgehead atoms. The molecule has 0 amide bonds. The van der Waals surface area contributed by atoms with Crippen LogP contribution in [0.5, 0.6) is 0 Å². The summed E-state index contributed by atoms with van der Waals surface area (Å²) in [6, 6.07) is 0. The quantitative estimate of drug-likeness (QED) is 0.402. The van der Waals surface area contributed by atoms with Crippen LogP contribution in [0.15, 0.2) is 0 Å². The van der Waals surface area contributed by atoms with E-state index in [1.165, 1.54) is 0 Å². The van der Waals surface area contributed by atoms with Crippen LogP contribution in [0.1, 0.15) is 72.1 Å². The lowest BCUT2D eigenvalue weighted by atomic mass is 9.41. The number of fused-ring (bicyclic) bond motifs is 3. The van der Waals surface area contributed by atoms with Crippen molar-refractivity contribution in [3.8, 4) is 0 Å². The second kappa shape index (κ2) is 8.20. The fourth-order valence-electron chi connectivity index (χ4n) is 9.25. The summed E-state index contributed by atoms with van der Waals surface area (Å²) in [5.41, 5.74) is -1.24. The molecule has 1 aliphatic heterocycles.